The molecule has 2 N–H and O–H groups in total. The number of aliphatic carboxylic acids is 1. The molecule has 1 heterocycles. The van der Waals surface area contributed by atoms with Crippen molar-refractivity contribution in [1.82, 2.24) is 10.2 Å². The third-order valence-electron chi connectivity index (χ3n) is 5.36. The zero-order valence-electron chi connectivity index (χ0n) is 15.4. The molecule has 1 amide bonds. The Labute approximate surface area is 149 Å². The minimum atomic E-state index is -1.03. The van der Waals surface area contributed by atoms with Crippen LogP contribution in [0.25, 0.3) is 0 Å². The number of ether oxygens (including phenoxy) is 1. The number of hydrogen-bond acceptors (Lipinski definition) is 4. The van der Waals surface area contributed by atoms with E-state index in [0.717, 1.165) is 17.7 Å². The summed E-state index contributed by atoms with van der Waals surface area (Å²) in [4.78, 5) is 26.6. The third-order valence-corrected chi connectivity index (χ3v) is 5.36. The van der Waals surface area contributed by atoms with E-state index in [1.165, 1.54) is 0 Å². The van der Waals surface area contributed by atoms with Crippen LogP contribution in [0.1, 0.15) is 44.7 Å². The highest BCUT2D eigenvalue weighted by atomic mass is 16.5. The summed E-state index contributed by atoms with van der Waals surface area (Å²) >= 11 is 0. The minimum absolute atomic E-state index is 0.0777. The third kappa shape index (κ3) is 3.49. The summed E-state index contributed by atoms with van der Waals surface area (Å²) in [6.07, 6.45) is 1.60. The van der Waals surface area contributed by atoms with Gasteiger partial charge >= 0.3 is 5.97 Å². The molecule has 0 radical (unpaired) electrons. The second-order valence-corrected chi connectivity index (χ2v) is 6.62. The van der Waals surface area contributed by atoms with Crippen LogP contribution in [-0.4, -0.2) is 48.1 Å². The molecule has 1 aromatic rings. The van der Waals surface area contributed by atoms with Crippen LogP contribution in [0.15, 0.2) is 24.3 Å². The van der Waals surface area contributed by atoms with Crippen molar-refractivity contribution in [3.63, 3.8) is 0 Å². The number of carboxylic acids is 1. The number of carbonyl (C=O) groups excluding carboxylic acids is 1. The van der Waals surface area contributed by atoms with Crippen molar-refractivity contribution in [2.45, 2.75) is 44.7 Å². The first-order chi connectivity index (χ1) is 11.9. The second-order valence-electron chi connectivity index (χ2n) is 6.62. The summed E-state index contributed by atoms with van der Waals surface area (Å²) in [5.41, 5.74) is -0.102. The second kappa shape index (κ2) is 7.87. The van der Waals surface area contributed by atoms with Crippen LogP contribution in [0.5, 0.6) is 5.75 Å². The van der Waals surface area contributed by atoms with Gasteiger partial charge in [0.25, 0.3) is 0 Å². The Morgan fingerprint density at radius 2 is 1.96 bits per heavy atom. The Bertz CT molecular complexity index is 616. The van der Waals surface area contributed by atoms with Crippen LogP contribution in [0.2, 0.25) is 0 Å². The highest BCUT2D eigenvalue weighted by Crippen LogP contribution is 2.47. The van der Waals surface area contributed by atoms with Crippen molar-refractivity contribution in [2.24, 2.45) is 5.92 Å². The van der Waals surface area contributed by atoms with E-state index in [0.29, 0.717) is 19.4 Å². The molecule has 1 saturated heterocycles. The van der Waals surface area contributed by atoms with Crippen LogP contribution in [0, 0.1) is 5.92 Å². The lowest BCUT2D eigenvalue weighted by molar-refractivity contribution is -0.150. The number of hydrogen-bond donors (Lipinski definition) is 2. The number of rotatable bonds is 7. The van der Waals surface area contributed by atoms with E-state index >= 15 is 0 Å². The SMILES string of the molecule is CCCNC(=O)[C@H]1C[C@@](CC)(C(=O)O)N(C)[C@H]1c1ccc(OC)cc1. The number of nitrogens with zero attached hydrogens (tertiary/aromatic N) is 1. The quantitative estimate of drug-likeness (QED) is 0.791. The summed E-state index contributed by atoms with van der Waals surface area (Å²) < 4.78 is 5.20. The van der Waals surface area contributed by atoms with E-state index < -0.39 is 17.4 Å². The van der Waals surface area contributed by atoms with Gasteiger partial charge in [0.2, 0.25) is 5.91 Å². The number of likely N-dealkylation sites (N-methyl/N-ethyl adjacent to an activating group) is 1. The molecule has 0 unspecified atom stereocenters. The molecule has 1 aliphatic heterocycles. The summed E-state index contributed by atoms with van der Waals surface area (Å²) in [6.45, 7) is 4.46. The van der Waals surface area contributed by atoms with Gasteiger partial charge in [0.05, 0.1) is 13.0 Å². The predicted octanol–water partition coefficient (Wildman–Crippen LogP) is 2.45. The number of carboxylic acid groups (broad SMARTS) is 1. The Kier molecular flexibility index (Phi) is 6.06. The van der Waals surface area contributed by atoms with Gasteiger partial charge in [-0.05, 0) is 44.0 Å². The van der Waals surface area contributed by atoms with Gasteiger partial charge < -0.3 is 15.2 Å². The Morgan fingerprint density at radius 1 is 1.32 bits per heavy atom. The van der Waals surface area contributed by atoms with E-state index in [1.807, 2.05) is 43.0 Å². The lowest BCUT2D eigenvalue weighted by Gasteiger charge is -2.34. The molecule has 1 aromatic carbocycles. The molecule has 2 rings (SSSR count). The van der Waals surface area contributed by atoms with Crippen LogP contribution < -0.4 is 10.1 Å². The summed E-state index contributed by atoms with van der Waals surface area (Å²) in [5, 5.41) is 12.8. The fourth-order valence-electron chi connectivity index (χ4n) is 3.81. The molecule has 0 bridgehead atoms. The topological polar surface area (TPSA) is 78.9 Å². The molecular weight excluding hydrogens is 320 g/mol. The van der Waals surface area contributed by atoms with Gasteiger partial charge in [-0.3, -0.25) is 14.5 Å². The molecule has 1 aliphatic rings. The number of amides is 1. The smallest absolute Gasteiger partial charge is 0.324 e. The van der Waals surface area contributed by atoms with E-state index in [9.17, 15) is 14.7 Å². The fourth-order valence-corrected chi connectivity index (χ4v) is 3.81. The summed E-state index contributed by atoms with van der Waals surface area (Å²) in [7, 11) is 3.41. The zero-order valence-corrected chi connectivity index (χ0v) is 15.4. The minimum Gasteiger partial charge on any atom is -0.497 e. The maximum Gasteiger partial charge on any atom is 0.324 e. The van der Waals surface area contributed by atoms with Gasteiger partial charge in [0.1, 0.15) is 11.3 Å². The van der Waals surface area contributed by atoms with Crippen molar-refractivity contribution < 1.29 is 19.4 Å². The Balaban J connectivity index is 2.42. The molecular formula is C19H28N2O4. The largest absolute Gasteiger partial charge is 0.497 e. The van der Waals surface area contributed by atoms with Crippen LogP contribution in [0.4, 0.5) is 0 Å². The molecule has 6 heteroatoms. The lowest BCUT2D eigenvalue weighted by Crippen LogP contribution is -2.48. The van der Waals surface area contributed by atoms with Crippen molar-refractivity contribution in [2.75, 3.05) is 20.7 Å². The predicted molar refractivity (Wildman–Crippen MR) is 95.6 cm³/mol. The first-order valence-electron chi connectivity index (χ1n) is 8.79. The highest BCUT2D eigenvalue weighted by molar-refractivity contribution is 5.85. The standard InChI is InChI=1S/C19H28N2O4/c1-5-11-20-17(22)15-12-19(6-2,18(23)24)21(3)16(15)13-7-9-14(25-4)10-8-13/h7-10,15-16H,5-6,11-12H2,1-4H3,(H,20,22)(H,23,24)/t15-,16-,19-/m0/s1. The van der Waals surface area contributed by atoms with E-state index in [4.69, 9.17) is 4.74 Å². The monoisotopic (exact) mass is 348 g/mol. The van der Waals surface area contributed by atoms with Gasteiger partial charge in [0, 0.05) is 12.6 Å². The van der Waals surface area contributed by atoms with Gasteiger partial charge in [-0.25, -0.2) is 0 Å². The number of nitrogens with one attached hydrogen (secondary N) is 1. The molecule has 0 aromatic heterocycles. The van der Waals surface area contributed by atoms with Crippen LogP contribution in [0.3, 0.4) is 0 Å². The molecule has 1 fully saturated rings. The van der Waals surface area contributed by atoms with E-state index in [-0.39, 0.29) is 11.9 Å². The molecule has 0 spiro atoms. The maximum atomic E-state index is 12.7. The summed E-state index contributed by atoms with van der Waals surface area (Å²) in [5.74, 6) is -0.620. The van der Waals surface area contributed by atoms with Crippen molar-refractivity contribution in [3.05, 3.63) is 29.8 Å². The molecule has 6 nitrogen and oxygen atoms in total. The van der Waals surface area contributed by atoms with Gasteiger partial charge in [-0.1, -0.05) is 26.0 Å². The first kappa shape index (κ1) is 19.2. The first-order valence-corrected chi connectivity index (χ1v) is 8.79. The molecule has 25 heavy (non-hydrogen) atoms. The molecule has 0 aliphatic carbocycles. The zero-order chi connectivity index (χ0) is 18.6. The molecule has 138 valence electrons. The molecule has 0 saturated carbocycles. The van der Waals surface area contributed by atoms with Crippen molar-refractivity contribution in [1.29, 1.82) is 0 Å². The Hall–Kier alpha value is -2.08. The van der Waals surface area contributed by atoms with E-state index in [2.05, 4.69) is 5.32 Å². The maximum absolute atomic E-state index is 12.7. The van der Waals surface area contributed by atoms with Crippen LogP contribution in [-0.2, 0) is 9.59 Å². The van der Waals surface area contributed by atoms with Gasteiger partial charge in [-0.15, -0.1) is 0 Å². The fraction of sp³-hybridized carbons (Fsp3) is 0.579. The van der Waals surface area contributed by atoms with Crippen LogP contribution >= 0.6 is 0 Å². The van der Waals surface area contributed by atoms with Crippen molar-refractivity contribution >= 4 is 11.9 Å². The van der Waals surface area contributed by atoms with E-state index in [1.54, 1.807) is 14.2 Å². The highest BCUT2D eigenvalue weighted by Gasteiger charge is 2.56. The molecule has 3 atom stereocenters. The number of methoxy groups -OCH3 is 1. The van der Waals surface area contributed by atoms with Crippen molar-refractivity contribution in [3.8, 4) is 5.75 Å². The van der Waals surface area contributed by atoms with Gasteiger partial charge in [-0.2, -0.15) is 0 Å². The van der Waals surface area contributed by atoms with Gasteiger partial charge in [0.15, 0.2) is 0 Å². The number of carbonyl (C=O) groups is 2. The Morgan fingerprint density at radius 3 is 2.44 bits per heavy atom. The number of benzene rings is 1. The average Bonchev–Trinajstić information content (AvgIpc) is 2.93. The normalized spacial score (nSPS) is 26.4. The summed E-state index contributed by atoms with van der Waals surface area (Å²) in [6, 6.07) is 7.23. The number of likely N-dealkylation sites (tertiary alicyclic amines) is 1. The lowest BCUT2D eigenvalue weighted by atomic mass is 9.87. The average molecular weight is 348 g/mol.